The van der Waals surface area contributed by atoms with Gasteiger partial charge in [-0.3, -0.25) is 4.79 Å². The molecule has 0 atom stereocenters. The molecule has 0 heterocycles. The van der Waals surface area contributed by atoms with E-state index < -0.39 is 5.92 Å². The van der Waals surface area contributed by atoms with E-state index in [9.17, 15) is 13.6 Å². The molecule has 1 aliphatic rings. The molecule has 76 valence electrons. The molecule has 2 nitrogen and oxygen atoms in total. The molecule has 1 N–H and O–H groups in total. The van der Waals surface area contributed by atoms with Crippen LogP contribution in [0.4, 0.5) is 8.78 Å². The van der Waals surface area contributed by atoms with Gasteiger partial charge in [0.1, 0.15) is 5.88 Å². The molecule has 1 fully saturated rings. The molecule has 1 aliphatic carbocycles. The Morgan fingerprint density at radius 2 is 2.00 bits per heavy atom. The highest BCUT2D eigenvalue weighted by molar-refractivity contribution is 6.27. The van der Waals surface area contributed by atoms with E-state index in [4.69, 9.17) is 11.6 Å². The summed E-state index contributed by atoms with van der Waals surface area (Å²) in [7, 11) is 0. The third-order valence-electron chi connectivity index (χ3n) is 2.20. The van der Waals surface area contributed by atoms with Crippen LogP contribution in [0.5, 0.6) is 0 Å². The van der Waals surface area contributed by atoms with Crippen molar-refractivity contribution in [1.82, 2.24) is 5.32 Å². The van der Waals surface area contributed by atoms with Gasteiger partial charge in [0.05, 0.1) is 0 Å². The van der Waals surface area contributed by atoms with Crippen LogP contribution in [0.15, 0.2) is 0 Å². The Balaban J connectivity index is 2.29. The molecule has 1 rings (SSSR count). The molecule has 5 heteroatoms. The van der Waals surface area contributed by atoms with Gasteiger partial charge in [-0.25, -0.2) is 8.78 Å². The topological polar surface area (TPSA) is 29.1 Å². The van der Waals surface area contributed by atoms with Gasteiger partial charge in [-0.1, -0.05) is 0 Å². The maximum atomic E-state index is 12.7. The van der Waals surface area contributed by atoms with Crippen LogP contribution in [0.3, 0.4) is 0 Å². The molecule has 13 heavy (non-hydrogen) atoms. The van der Waals surface area contributed by atoms with Crippen LogP contribution in [-0.4, -0.2) is 23.8 Å². The maximum Gasteiger partial charge on any atom is 0.248 e. The first-order valence-corrected chi connectivity index (χ1v) is 4.80. The van der Waals surface area contributed by atoms with E-state index in [0.29, 0.717) is 12.8 Å². The lowest BCUT2D eigenvalue weighted by Gasteiger charge is -2.28. The van der Waals surface area contributed by atoms with E-state index in [1.54, 1.807) is 0 Å². The van der Waals surface area contributed by atoms with E-state index in [1.807, 2.05) is 0 Å². The van der Waals surface area contributed by atoms with Gasteiger partial charge in [-0.05, 0) is 12.8 Å². The van der Waals surface area contributed by atoms with E-state index in [1.165, 1.54) is 0 Å². The molecule has 1 amide bonds. The number of amides is 1. The largest absolute Gasteiger partial charge is 0.352 e. The Kier molecular flexibility index (Phi) is 3.47. The molecule has 0 bridgehead atoms. The summed E-state index contributed by atoms with van der Waals surface area (Å²) in [5, 5.41) is 2.60. The zero-order valence-electron chi connectivity index (χ0n) is 7.16. The third kappa shape index (κ3) is 3.46. The first-order chi connectivity index (χ1) is 6.03. The van der Waals surface area contributed by atoms with Crippen molar-refractivity contribution >= 4 is 17.5 Å². The minimum atomic E-state index is -2.54. The summed E-state index contributed by atoms with van der Waals surface area (Å²) in [5.74, 6) is -2.92. The highest BCUT2D eigenvalue weighted by Crippen LogP contribution is 2.32. The van der Waals surface area contributed by atoms with Crippen LogP contribution in [-0.2, 0) is 4.79 Å². The van der Waals surface area contributed by atoms with Crippen molar-refractivity contribution in [3.8, 4) is 0 Å². The van der Waals surface area contributed by atoms with Crippen molar-refractivity contribution in [2.45, 2.75) is 37.6 Å². The van der Waals surface area contributed by atoms with Gasteiger partial charge in [-0.2, -0.15) is 0 Å². The van der Waals surface area contributed by atoms with E-state index in [-0.39, 0.29) is 30.7 Å². The van der Waals surface area contributed by atoms with Crippen molar-refractivity contribution in [3.05, 3.63) is 0 Å². The number of hydrogen-bond acceptors (Lipinski definition) is 1. The molecule has 0 aromatic carbocycles. The van der Waals surface area contributed by atoms with E-state index in [0.717, 1.165) is 0 Å². The number of carbonyl (C=O) groups excluding carboxylic acids is 1. The minimum absolute atomic E-state index is 0.104. The Morgan fingerprint density at radius 1 is 1.46 bits per heavy atom. The first-order valence-electron chi connectivity index (χ1n) is 4.27. The molecule has 1 saturated carbocycles. The second kappa shape index (κ2) is 4.22. The molecule has 0 radical (unpaired) electrons. The minimum Gasteiger partial charge on any atom is -0.352 e. The summed E-state index contributed by atoms with van der Waals surface area (Å²) in [5.41, 5.74) is 0. The standard InChI is InChI=1S/C8H12ClF2NO/c9-5-7(13)12-6-1-3-8(10,11)4-2-6/h6H,1-5H2,(H,12,13). The van der Waals surface area contributed by atoms with Crippen LogP contribution < -0.4 is 5.32 Å². The highest BCUT2D eigenvalue weighted by Gasteiger charge is 2.35. The molecule has 0 unspecified atom stereocenters. The summed E-state index contributed by atoms with van der Waals surface area (Å²) < 4.78 is 25.3. The van der Waals surface area contributed by atoms with E-state index in [2.05, 4.69) is 5.32 Å². The predicted molar refractivity (Wildman–Crippen MR) is 46.1 cm³/mol. The second-order valence-corrected chi connectivity index (χ2v) is 3.60. The third-order valence-corrected chi connectivity index (χ3v) is 2.45. The Hall–Kier alpha value is -0.380. The molecule has 0 aromatic heterocycles. The highest BCUT2D eigenvalue weighted by atomic mass is 35.5. The lowest BCUT2D eigenvalue weighted by Crippen LogP contribution is -2.40. The Labute approximate surface area is 80.6 Å². The zero-order valence-corrected chi connectivity index (χ0v) is 7.91. The van der Waals surface area contributed by atoms with Gasteiger partial charge in [0, 0.05) is 18.9 Å². The molecular formula is C8H12ClF2NO. The van der Waals surface area contributed by atoms with Gasteiger partial charge in [0.25, 0.3) is 0 Å². The molecule has 0 saturated heterocycles. The number of halogens is 3. The summed E-state index contributed by atoms with van der Waals surface area (Å²) in [6.07, 6.45) is 0.408. The van der Waals surface area contributed by atoms with Crippen LogP contribution in [0.2, 0.25) is 0 Å². The first kappa shape index (κ1) is 10.7. The average molecular weight is 212 g/mol. The number of carbonyl (C=O) groups is 1. The summed E-state index contributed by atoms with van der Waals surface area (Å²) in [6, 6.07) is -0.120. The summed E-state index contributed by atoms with van der Waals surface area (Å²) in [6.45, 7) is 0. The number of alkyl halides is 3. The lowest BCUT2D eigenvalue weighted by molar-refractivity contribution is -0.120. The van der Waals surface area contributed by atoms with Gasteiger partial charge >= 0.3 is 0 Å². The van der Waals surface area contributed by atoms with E-state index >= 15 is 0 Å². The van der Waals surface area contributed by atoms with Crippen LogP contribution in [0.1, 0.15) is 25.7 Å². The fourth-order valence-corrected chi connectivity index (χ4v) is 1.53. The van der Waals surface area contributed by atoms with Gasteiger partial charge < -0.3 is 5.32 Å². The van der Waals surface area contributed by atoms with Crippen molar-refractivity contribution in [3.63, 3.8) is 0 Å². The fraction of sp³-hybridized carbons (Fsp3) is 0.875. The van der Waals surface area contributed by atoms with Gasteiger partial charge in [-0.15, -0.1) is 11.6 Å². The number of rotatable bonds is 2. The number of hydrogen-bond donors (Lipinski definition) is 1. The quantitative estimate of drug-likeness (QED) is 0.695. The monoisotopic (exact) mass is 211 g/mol. The smallest absolute Gasteiger partial charge is 0.248 e. The summed E-state index contributed by atoms with van der Waals surface area (Å²) >= 11 is 5.27. The normalized spacial score (nSPS) is 22.7. The van der Waals surface area contributed by atoms with Crippen molar-refractivity contribution in [2.75, 3.05) is 5.88 Å². The number of nitrogens with one attached hydrogen (secondary N) is 1. The Bertz CT molecular complexity index is 189. The Morgan fingerprint density at radius 3 is 2.46 bits per heavy atom. The SMILES string of the molecule is O=C(CCl)NC1CCC(F)(F)CC1. The second-order valence-electron chi connectivity index (χ2n) is 3.33. The average Bonchev–Trinajstić information content (AvgIpc) is 2.08. The summed E-state index contributed by atoms with van der Waals surface area (Å²) in [4.78, 5) is 10.8. The molecular weight excluding hydrogens is 200 g/mol. The van der Waals surface area contributed by atoms with Gasteiger partial charge in [0.2, 0.25) is 11.8 Å². The van der Waals surface area contributed by atoms with Crippen LogP contribution in [0.25, 0.3) is 0 Å². The predicted octanol–water partition coefficient (Wildman–Crippen LogP) is 1.92. The van der Waals surface area contributed by atoms with Crippen molar-refractivity contribution in [2.24, 2.45) is 0 Å². The maximum absolute atomic E-state index is 12.7. The fourth-order valence-electron chi connectivity index (χ4n) is 1.45. The van der Waals surface area contributed by atoms with Crippen LogP contribution in [0, 0.1) is 0 Å². The zero-order chi connectivity index (χ0) is 9.90. The molecule has 0 aromatic rings. The lowest BCUT2D eigenvalue weighted by atomic mass is 9.92. The van der Waals surface area contributed by atoms with Gasteiger partial charge in [0.15, 0.2) is 0 Å². The molecule has 0 aliphatic heterocycles. The molecule has 0 spiro atoms. The van der Waals surface area contributed by atoms with Crippen LogP contribution >= 0.6 is 11.6 Å². The van der Waals surface area contributed by atoms with Crippen molar-refractivity contribution < 1.29 is 13.6 Å². The van der Waals surface area contributed by atoms with Crippen molar-refractivity contribution in [1.29, 1.82) is 0 Å².